The number of urea groups is 1. The molecule has 12 heteroatoms. The van der Waals surface area contributed by atoms with E-state index in [4.69, 9.17) is 11.1 Å². The number of methoxy groups -OCH3 is 1. The maximum Gasteiger partial charge on any atom is 0.324 e. The number of nitrogens with one attached hydrogen (secondary N) is 2. The van der Waals surface area contributed by atoms with Crippen molar-refractivity contribution in [2.45, 2.75) is 6.42 Å². The Morgan fingerprint density at radius 3 is 2.36 bits per heavy atom. The largest absolute Gasteiger partial charge is 0.469 e. The fraction of sp³-hybridized carbons (Fsp3) is 0.286. The van der Waals surface area contributed by atoms with Crippen LogP contribution in [0.3, 0.4) is 0 Å². The summed E-state index contributed by atoms with van der Waals surface area (Å²) in [7, 11) is -2.32. The number of nitrogens with two attached hydrogens (primary N) is 1. The number of anilines is 2. The number of nitrogen functional groups attached to an aromatic ring is 1. The first-order chi connectivity index (χ1) is 15.1. The van der Waals surface area contributed by atoms with Crippen LogP contribution in [0.5, 0.6) is 0 Å². The average Bonchev–Trinajstić information content (AvgIpc) is 3.11. The number of esters is 1. The molecule has 0 aliphatic carbocycles. The Balaban J connectivity index is 0.00000385. The van der Waals surface area contributed by atoms with Gasteiger partial charge in [0.25, 0.3) is 0 Å². The van der Waals surface area contributed by atoms with E-state index in [2.05, 4.69) is 9.46 Å². The molecule has 1 aliphatic heterocycles. The zero-order valence-corrected chi connectivity index (χ0v) is 19.8. The molecule has 0 aromatic heterocycles. The number of carbonyl (C=O) groups excluding carboxylic acids is 2. The molecular weight excluding hydrogens is 470 g/mol. The van der Waals surface area contributed by atoms with Crippen LogP contribution in [0, 0.1) is 5.41 Å². The van der Waals surface area contributed by atoms with Crippen LogP contribution in [0.25, 0.3) is 11.1 Å². The molecule has 33 heavy (non-hydrogen) atoms. The van der Waals surface area contributed by atoms with Gasteiger partial charge >= 0.3 is 12.0 Å². The molecule has 1 fully saturated rings. The standard InChI is InChI=1S/C21H25N5O5S.ClH/c1-31-19(27)9-10-25-11-12-26(21(25)28)18-8-7-16(13-17(18)24-32(2,29)30)14-3-5-15(6-4-14)20(22)23;/h3-8,13,24H,9-12H2,1-2H3,(H3,22,23);1H. The number of ether oxygens (including phenoxy) is 1. The molecule has 0 spiro atoms. The molecule has 10 nitrogen and oxygen atoms in total. The fourth-order valence-corrected chi connectivity index (χ4v) is 3.98. The molecule has 178 valence electrons. The van der Waals surface area contributed by atoms with Crippen LogP contribution in [-0.2, 0) is 19.6 Å². The van der Waals surface area contributed by atoms with Gasteiger partial charge in [-0.25, -0.2) is 13.2 Å². The quantitative estimate of drug-likeness (QED) is 0.291. The summed E-state index contributed by atoms with van der Waals surface area (Å²) in [5, 5.41) is 7.50. The Morgan fingerprint density at radius 2 is 1.79 bits per heavy atom. The summed E-state index contributed by atoms with van der Waals surface area (Å²) in [6.07, 6.45) is 1.12. The number of hydrogen-bond donors (Lipinski definition) is 3. The third-order valence-corrected chi connectivity index (χ3v) is 5.61. The fourth-order valence-electron chi connectivity index (χ4n) is 3.42. The lowest BCUT2D eigenvalue weighted by Crippen LogP contribution is -2.33. The molecule has 1 heterocycles. The van der Waals surface area contributed by atoms with Crippen LogP contribution in [-0.4, -0.2) is 64.2 Å². The maximum absolute atomic E-state index is 12.9. The summed E-state index contributed by atoms with van der Waals surface area (Å²) >= 11 is 0. The van der Waals surface area contributed by atoms with Gasteiger partial charge in [0.2, 0.25) is 10.0 Å². The third-order valence-electron chi connectivity index (χ3n) is 5.02. The molecule has 0 saturated carbocycles. The van der Waals surface area contributed by atoms with E-state index in [0.29, 0.717) is 24.3 Å². The first kappa shape index (κ1) is 25.9. The van der Waals surface area contributed by atoms with Gasteiger partial charge in [0.05, 0.1) is 31.2 Å². The van der Waals surface area contributed by atoms with E-state index in [1.807, 2.05) is 0 Å². The first-order valence-corrected chi connectivity index (χ1v) is 11.7. The summed E-state index contributed by atoms with van der Waals surface area (Å²) in [5.41, 5.74) is 8.29. The number of amides is 2. The Bertz CT molecular complexity index is 1150. The van der Waals surface area contributed by atoms with Crippen molar-refractivity contribution < 1.29 is 22.7 Å². The minimum absolute atomic E-state index is 0. The molecule has 2 aromatic rings. The van der Waals surface area contributed by atoms with E-state index in [0.717, 1.165) is 17.4 Å². The van der Waals surface area contributed by atoms with Crippen LogP contribution in [0.4, 0.5) is 16.2 Å². The van der Waals surface area contributed by atoms with Gasteiger partial charge in [0.1, 0.15) is 5.84 Å². The van der Waals surface area contributed by atoms with Crippen molar-refractivity contribution in [2.75, 3.05) is 42.6 Å². The Hall–Kier alpha value is -3.31. The molecule has 0 bridgehead atoms. The maximum atomic E-state index is 12.9. The van der Waals surface area contributed by atoms with Crippen molar-refractivity contribution in [1.82, 2.24) is 4.90 Å². The lowest BCUT2D eigenvalue weighted by Gasteiger charge is -2.22. The van der Waals surface area contributed by atoms with E-state index in [-0.39, 0.29) is 42.9 Å². The number of benzene rings is 2. The summed E-state index contributed by atoms with van der Waals surface area (Å²) < 4.78 is 31.1. The molecule has 4 N–H and O–H groups in total. The normalized spacial score (nSPS) is 13.5. The number of hydrogen-bond acceptors (Lipinski definition) is 6. The molecule has 1 saturated heterocycles. The molecule has 0 unspecified atom stereocenters. The highest BCUT2D eigenvalue weighted by atomic mass is 35.5. The van der Waals surface area contributed by atoms with E-state index < -0.39 is 16.0 Å². The zero-order chi connectivity index (χ0) is 23.5. The van der Waals surface area contributed by atoms with Gasteiger partial charge in [0, 0.05) is 25.2 Å². The van der Waals surface area contributed by atoms with Crippen LogP contribution in [0.1, 0.15) is 12.0 Å². The molecule has 0 atom stereocenters. The smallest absolute Gasteiger partial charge is 0.324 e. The van der Waals surface area contributed by atoms with E-state index >= 15 is 0 Å². The predicted octanol–water partition coefficient (Wildman–Crippen LogP) is 2.24. The van der Waals surface area contributed by atoms with Crippen molar-refractivity contribution in [3.8, 4) is 11.1 Å². The first-order valence-electron chi connectivity index (χ1n) is 9.79. The number of amidine groups is 1. The Kier molecular flexibility index (Phi) is 8.29. The zero-order valence-electron chi connectivity index (χ0n) is 18.2. The van der Waals surface area contributed by atoms with Gasteiger partial charge in [-0.2, -0.15) is 0 Å². The van der Waals surface area contributed by atoms with Crippen molar-refractivity contribution in [3.63, 3.8) is 0 Å². The number of halogens is 1. The van der Waals surface area contributed by atoms with Gasteiger partial charge in [-0.1, -0.05) is 30.3 Å². The third kappa shape index (κ3) is 6.36. The van der Waals surface area contributed by atoms with Gasteiger partial charge < -0.3 is 15.4 Å². The van der Waals surface area contributed by atoms with Gasteiger partial charge in [-0.3, -0.25) is 19.8 Å². The highest BCUT2D eigenvalue weighted by molar-refractivity contribution is 7.92. The van der Waals surface area contributed by atoms with Crippen molar-refractivity contribution >= 4 is 51.6 Å². The topological polar surface area (TPSA) is 146 Å². The highest BCUT2D eigenvalue weighted by Gasteiger charge is 2.31. The van der Waals surface area contributed by atoms with Crippen molar-refractivity contribution in [1.29, 1.82) is 5.41 Å². The van der Waals surface area contributed by atoms with E-state index in [1.165, 1.54) is 16.9 Å². The van der Waals surface area contributed by atoms with Gasteiger partial charge in [-0.15, -0.1) is 12.4 Å². The lowest BCUT2D eigenvalue weighted by atomic mass is 10.0. The summed E-state index contributed by atoms with van der Waals surface area (Å²) in [4.78, 5) is 27.3. The molecule has 0 radical (unpaired) electrons. The number of carbonyl (C=O) groups is 2. The Morgan fingerprint density at radius 1 is 1.15 bits per heavy atom. The van der Waals surface area contributed by atoms with Crippen LogP contribution in [0.2, 0.25) is 0 Å². The Labute approximate surface area is 198 Å². The molecule has 2 aromatic carbocycles. The molecule has 3 rings (SSSR count). The SMILES string of the molecule is COC(=O)CCN1CCN(c2ccc(-c3ccc(C(=N)N)cc3)cc2NS(C)(=O)=O)C1=O.Cl. The minimum atomic E-state index is -3.61. The number of sulfonamides is 1. The molecule has 1 aliphatic rings. The second-order valence-corrected chi connectivity index (χ2v) is 9.09. The van der Waals surface area contributed by atoms with E-state index in [1.54, 1.807) is 42.5 Å². The van der Waals surface area contributed by atoms with Crippen LogP contribution in [0.15, 0.2) is 42.5 Å². The molecular formula is C21H26ClN5O5S. The monoisotopic (exact) mass is 495 g/mol. The highest BCUT2D eigenvalue weighted by Crippen LogP contribution is 2.34. The van der Waals surface area contributed by atoms with Crippen LogP contribution < -0.4 is 15.4 Å². The molecule has 2 amide bonds. The number of nitrogens with zero attached hydrogens (tertiary/aromatic N) is 2. The van der Waals surface area contributed by atoms with Gasteiger partial charge in [-0.05, 0) is 23.3 Å². The van der Waals surface area contributed by atoms with Crippen molar-refractivity contribution in [2.24, 2.45) is 5.73 Å². The summed E-state index contributed by atoms with van der Waals surface area (Å²) in [6, 6.07) is 11.8. The summed E-state index contributed by atoms with van der Waals surface area (Å²) in [5.74, 6) is -0.452. The van der Waals surface area contributed by atoms with Crippen molar-refractivity contribution in [3.05, 3.63) is 48.0 Å². The van der Waals surface area contributed by atoms with E-state index in [9.17, 15) is 18.0 Å². The number of rotatable bonds is 8. The lowest BCUT2D eigenvalue weighted by molar-refractivity contribution is -0.140. The summed E-state index contributed by atoms with van der Waals surface area (Å²) in [6.45, 7) is 0.977. The van der Waals surface area contributed by atoms with Gasteiger partial charge in [0.15, 0.2) is 0 Å². The van der Waals surface area contributed by atoms with Crippen LogP contribution >= 0.6 is 12.4 Å². The second kappa shape index (κ2) is 10.5. The minimum Gasteiger partial charge on any atom is -0.469 e. The second-order valence-electron chi connectivity index (χ2n) is 7.34. The predicted molar refractivity (Wildman–Crippen MR) is 130 cm³/mol. The average molecular weight is 496 g/mol.